The predicted molar refractivity (Wildman–Crippen MR) is 134 cm³/mol. The van der Waals surface area contributed by atoms with Gasteiger partial charge in [-0.25, -0.2) is 0 Å². The van der Waals surface area contributed by atoms with Crippen LogP contribution in [0.1, 0.15) is 59.6 Å². The van der Waals surface area contributed by atoms with E-state index in [1.165, 1.54) is 6.08 Å². The van der Waals surface area contributed by atoms with Gasteiger partial charge in [-0.05, 0) is 56.2 Å². The summed E-state index contributed by atoms with van der Waals surface area (Å²) >= 11 is 0. The van der Waals surface area contributed by atoms with Crippen molar-refractivity contribution >= 4 is 32.0 Å². The van der Waals surface area contributed by atoms with Crippen LogP contribution in [0.4, 0.5) is 0 Å². The van der Waals surface area contributed by atoms with Crippen molar-refractivity contribution in [2.24, 2.45) is 0 Å². The fourth-order valence-corrected chi connectivity index (χ4v) is 8.07. The van der Waals surface area contributed by atoms with Crippen LogP contribution in [0.15, 0.2) is 35.4 Å². The molecule has 0 aromatic heterocycles. The molecule has 0 bridgehead atoms. The quantitative estimate of drug-likeness (QED) is 0.318. The third-order valence-electron chi connectivity index (χ3n) is 4.90. The summed E-state index contributed by atoms with van der Waals surface area (Å²) < 4.78 is 50.0. The molecule has 0 radical (unpaired) electrons. The van der Waals surface area contributed by atoms with Gasteiger partial charge < -0.3 is 23.2 Å². The zero-order valence-electron chi connectivity index (χ0n) is 20.6. The van der Waals surface area contributed by atoms with Gasteiger partial charge in [0.2, 0.25) is 0 Å². The summed E-state index contributed by atoms with van der Waals surface area (Å²) in [7, 11) is -8.07. The molecular weight excluding hydrogens is 462 g/mol. The normalized spacial score (nSPS) is 12.8. The number of aromatic hydroxyl groups is 1. The molecule has 0 aliphatic carbocycles. The number of phenolic OH excluding ortho intramolecular Hbond substituents is 1. The van der Waals surface area contributed by atoms with Crippen molar-refractivity contribution in [3.05, 3.63) is 46.5 Å². The Labute approximate surface area is 197 Å². The maximum atomic E-state index is 13.9. The average molecular weight is 498 g/mol. The van der Waals surface area contributed by atoms with Crippen LogP contribution >= 0.6 is 15.2 Å². The summed E-state index contributed by atoms with van der Waals surface area (Å²) in [6.07, 6.45) is 1.52. The molecule has 9 heteroatoms. The largest absolute Gasteiger partial charge is 0.507 e. The Morgan fingerprint density at radius 2 is 1.27 bits per heavy atom. The lowest BCUT2D eigenvalue weighted by molar-refractivity contribution is 0.214. The van der Waals surface area contributed by atoms with E-state index in [0.29, 0.717) is 21.9 Å². The Morgan fingerprint density at radius 1 is 0.848 bits per heavy atom. The van der Waals surface area contributed by atoms with Gasteiger partial charge in [0.25, 0.3) is 0 Å². The van der Waals surface area contributed by atoms with Crippen molar-refractivity contribution in [2.75, 3.05) is 26.4 Å². The molecule has 0 aliphatic heterocycles. The Bertz CT molecular complexity index is 1030. The van der Waals surface area contributed by atoms with E-state index in [9.17, 15) is 14.2 Å². The number of hydrogen-bond acceptors (Lipinski definition) is 7. The van der Waals surface area contributed by atoms with Crippen molar-refractivity contribution in [3.8, 4) is 5.75 Å². The molecule has 33 heavy (non-hydrogen) atoms. The summed E-state index contributed by atoms with van der Waals surface area (Å²) in [6.45, 7) is 13.0. The minimum absolute atomic E-state index is 0.0798. The first kappa shape index (κ1) is 27.8. The van der Waals surface area contributed by atoms with Gasteiger partial charge in [-0.3, -0.25) is 9.13 Å². The average Bonchev–Trinajstić information content (AvgIpc) is 2.73. The maximum absolute atomic E-state index is 13.9. The van der Waals surface area contributed by atoms with Gasteiger partial charge >= 0.3 is 15.2 Å². The maximum Gasteiger partial charge on any atom is 0.369 e. The van der Waals surface area contributed by atoms with Crippen LogP contribution < -0.4 is 0 Å². The molecule has 0 atom stereocenters. The van der Waals surface area contributed by atoms with Gasteiger partial charge in [-0.2, -0.15) is 0 Å². The molecule has 2 aromatic rings. The fraction of sp³-hybridized carbons (Fsp3) is 0.500. The molecule has 0 amide bonds. The summed E-state index contributed by atoms with van der Waals surface area (Å²) in [5, 5.41) is 12.1. The second-order valence-electron chi connectivity index (χ2n) is 8.33. The summed E-state index contributed by atoms with van der Waals surface area (Å²) in [5.41, 5.74) is 0.906. The van der Waals surface area contributed by atoms with E-state index in [0.717, 1.165) is 0 Å². The van der Waals surface area contributed by atoms with Gasteiger partial charge in [0.1, 0.15) is 5.75 Å². The zero-order valence-corrected chi connectivity index (χ0v) is 22.4. The van der Waals surface area contributed by atoms with E-state index in [4.69, 9.17) is 18.1 Å². The first-order chi connectivity index (χ1) is 15.5. The Morgan fingerprint density at radius 3 is 1.67 bits per heavy atom. The Kier molecular flexibility index (Phi) is 9.52. The standard InChI is InChI=1S/C24H36O7P2/c1-8-28-32(26,29-9-2)22(33(27,30-10-3)31-11-4)17-18-16-21(24(5,6)7)23(25)20-15-13-12-14-19(18)20/h12-17,25H,8-11H2,1-7H3. The third kappa shape index (κ3) is 6.16. The van der Waals surface area contributed by atoms with E-state index in [1.807, 2.05) is 51.1 Å². The predicted octanol–water partition coefficient (Wildman–Crippen LogP) is 7.67. The van der Waals surface area contributed by atoms with Gasteiger partial charge in [0, 0.05) is 10.9 Å². The van der Waals surface area contributed by atoms with Crippen molar-refractivity contribution in [2.45, 2.75) is 53.9 Å². The molecule has 7 nitrogen and oxygen atoms in total. The van der Waals surface area contributed by atoms with Crippen molar-refractivity contribution in [3.63, 3.8) is 0 Å². The monoisotopic (exact) mass is 498 g/mol. The highest BCUT2D eigenvalue weighted by atomic mass is 31.2. The molecule has 0 spiro atoms. The summed E-state index contributed by atoms with van der Waals surface area (Å²) in [4.78, 5) is 0. The van der Waals surface area contributed by atoms with Crippen LogP contribution in [0, 0.1) is 0 Å². The lowest BCUT2D eigenvalue weighted by Crippen LogP contribution is -2.12. The number of hydrogen-bond donors (Lipinski definition) is 1. The van der Waals surface area contributed by atoms with Gasteiger partial charge in [0.15, 0.2) is 5.06 Å². The first-order valence-electron chi connectivity index (χ1n) is 11.2. The second-order valence-corrected chi connectivity index (χ2v) is 12.7. The number of benzene rings is 2. The lowest BCUT2D eigenvalue weighted by atomic mass is 9.83. The van der Waals surface area contributed by atoms with E-state index in [-0.39, 0.29) is 42.6 Å². The van der Waals surface area contributed by atoms with Gasteiger partial charge in [0.05, 0.1) is 26.4 Å². The van der Waals surface area contributed by atoms with Crippen molar-refractivity contribution in [1.82, 2.24) is 0 Å². The second kappa shape index (κ2) is 11.3. The Hall–Kier alpha value is -1.46. The van der Waals surface area contributed by atoms with E-state index in [2.05, 4.69) is 0 Å². The van der Waals surface area contributed by atoms with Crippen LogP contribution in [0.3, 0.4) is 0 Å². The fourth-order valence-electron chi connectivity index (χ4n) is 3.55. The highest BCUT2D eigenvalue weighted by Crippen LogP contribution is 2.74. The highest BCUT2D eigenvalue weighted by molar-refractivity contribution is 7.79. The van der Waals surface area contributed by atoms with Crippen LogP contribution in [0.2, 0.25) is 0 Å². The molecule has 0 saturated carbocycles. The third-order valence-corrected chi connectivity index (χ3v) is 10.1. The number of fused-ring (bicyclic) bond motifs is 1. The van der Waals surface area contributed by atoms with Crippen LogP contribution in [0.25, 0.3) is 16.8 Å². The van der Waals surface area contributed by atoms with E-state index >= 15 is 0 Å². The summed E-state index contributed by atoms with van der Waals surface area (Å²) in [6, 6.07) is 9.13. The Balaban J connectivity index is 2.99. The molecule has 2 aromatic carbocycles. The minimum atomic E-state index is -4.04. The van der Waals surface area contributed by atoms with Crippen LogP contribution in [-0.2, 0) is 32.6 Å². The minimum Gasteiger partial charge on any atom is -0.507 e. The van der Waals surface area contributed by atoms with E-state index < -0.39 is 15.2 Å². The first-order valence-corrected chi connectivity index (χ1v) is 14.3. The molecule has 0 fully saturated rings. The summed E-state index contributed by atoms with van der Waals surface area (Å²) in [5.74, 6) is 0.174. The molecule has 184 valence electrons. The number of rotatable bonds is 11. The van der Waals surface area contributed by atoms with Gasteiger partial charge in [-0.1, -0.05) is 45.0 Å². The topological polar surface area (TPSA) is 91.3 Å². The molecule has 0 aliphatic rings. The SMILES string of the molecule is CCOP(=O)(OCC)C(=Cc1cc(C(C)(C)C)c(O)c2ccccc12)P(=O)(OCC)OCC. The molecule has 0 saturated heterocycles. The lowest BCUT2D eigenvalue weighted by Gasteiger charge is -2.26. The van der Waals surface area contributed by atoms with Crippen LogP contribution in [0.5, 0.6) is 5.75 Å². The van der Waals surface area contributed by atoms with Gasteiger partial charge in [-0.15, -0.1) is 0 Å². The highest BCUT2D eigenvalue weighted by Gasteiger charge is 2.45. The van der Waals surface area contributed by atoms with Crippen LogP contribution in [-0.4, -0.2) is 31.5 Å². The van der Waals surface area contributed by atoms with Crippen molar-refractivity contribution < 1.29 is 32.3 Å². The molecule has 0 heterocycles. The zero-order chi connectivity index (χ0) is 24.9. The molecular formula is C24H36O7P2. The molecule has 1 N–H and O–H groups in total. The molecule has 0 unspecified atom stereocenters. The van der Waals surface area contributed by atoms with Crippen molar-refractivity contribution in [1.29, 1.82) is 0 Å². The smallest absolute Gasteiger partial charge is 0.369 e. The van der Waals surface area contributed by atoms with E-state index in [1.54, 1.807) is 27.7 Å². The number of phenols is 1. The molecule has 2 rings (SSSR count).